The summed E-state index contributed by atoms with van der Waals surface area (Å²) in [5.74, 6) is 0. The largest absolute Gasteiger partial charge is 0.291 e. The van der Waals surface area contributed by atoms with Gasteiger partial charge in [0.15, 0.2) is 6.29 Å². The van der Waals surface area contributed by atoms with Gasteiger partial charge < -0.3 is 0 Å². The van der Waals surface area contributed by atoms with Gasteiger partial charge in [0, 0.05) is 6.42 Å². The molecule has 0 bridgehead atoms. The lowest BCUT2D eigenvalue weighted by Crippen LogP contribution is -1.80. The average Bonchev–Trinajstić information content (AvgIpc) is 2.43. The lowest BCUT2D eigenvalue weighted by molar-refractivity contribution is 0.541. The van der Waals surface area contributed by atoms with Crippen molar-refractivity contribution >= 4 is 6.29 Å². The standard InChI is InChI=1S/C18H31O/c1-2-3-4-5-6-7-8-9-10-11-12-13-14-15-16-17-18-19/h5-6,8-9H,2-4,7,10-17H2,1H3/b6-5+,9-8+. The van der Waals surface area contributed by atoms with Gasteiger partial charge in [-0.1, -0.05) is 69.8 Å². The summed E-state index contributed by atoms with van der Waals surface area (Å²) in [5, 5.41) is 0. The number of carbonyl (C=O) groups excluding carboxylic acids is 1. The Morgan fingerprint density at radius 3 is 1.95 bits per heavy atom. The van der Waals surface area contributed by atoms with Gasteiger partial charge in [0.2, 0.25) is 0 Å². The SMILES string of the molecule is CCCC/C=C/C/C=C/CCCCCCCC[C]=O. The highest BCUT2D eigenvalue weighted by molar-refractivity contribution is 5.50. The average molecular weight is 263 g/mol. The minimum absolute atomic E-state index is 0.620. The first kappa shape index (κ1) is 18.1. The topological polar surface area (TPSA) is 17.1 Å². The molecule has 0 rings (SSSR count). The van der Waals surface area contributed by atoms with Crippen LogP contribution in [0.15, 0.2) is 24.3 Å². The molecule has 1 heteroatoms. The van der Waals surface area contributed by atoms with Crippen molar-refractivity contribution in [3.05, 3.63) is 24.3 Å². The third-order valence-electron chi connectivity index (χ3n) is 3.23. The third-order valence-corrected chi connectivity index (χ3v) is 3.23. The maximum Gasteiger partial charge on any atom is 0.198 e. The summed E-state index contributed by atoms with van der Waals surface area (Å²) in [5.41, 5.74) is 0. The zero-order chi connectivity index (χ0) is 14.0. The number of hydrogen-bond donors (Lipinski definition) is 0. The third kappa shape index (κ3) is 17.1. The van der Waals surface area contributed by atoms with E-state index in [1.165, 1.54) is 57.8 Å². The fraction of sp³-hybridized carbons (Fsp3) is 0.722. The molecule has 109 valence electrons. The van der Waals surface area contributed by atoms with Crippen LogP contribution in [0.5, 0.6) is 0 Å². The first-order chi connectivity index (χ1) is 9.41. The van der Waals surface area contributed by atoms with Crippen molar-refractivity contribution in [1.29, 1.82) is 0 Å². The second kappa shape index (κ2) is 17.2. The summed E-state index contributed by atoms with van der Waals surface area (Å²) in [6.07, 6.45) is 25.3. The molecule has 0 saturated carbocycles. The van der Waals surface area contributed by atoms with Gasteiger partial charge in [-0.15, -0.1) is 0 Å². The van der Waals surface area contributed by atoms with E-state index >= 15 is 0 Å². The van der Waals surface area contributed by atoms with Gasteiger partial charge in [0.1, 0.15) is 0 Å². The van der Waals surface area contributed by atoms with Crippen LogP contribution in [-0.4, -0.2) is 6.29 Å². The highest BCUT2D eigenvalue weighted by Gasteiger charge is 1.90. The van der Waals surface area contributed by atoms with Crippen molar-refractivity contribution in [3.8, 4) is 0 Å². The summed E-state index contributed by atoms with van der Waals surface area (Å²) in [6, 6.07) is 0. The monoisotopic (exact) mass is 263 g/mol. The van der Waals surface area contributed by atoms with E-state index in [-0.39, 0.29) is 0 Å². The van der Waals surface area contributed by atoms with Crippen molar-refractivity contribution in [3.63, 3.8) is 0 Å². The van der Waals surface area contributed by atoms with Crippen molar-refractivity contribution < 1.29 is 4.79 Å². The van der Waals surface area contributed by atoms with Crippen LogP contribution in [-0.2, 0) is 4.79 Å². The lowest BCUT2D eigenvalue weighted by Gasteiger charge is -1.98. The molecule has 0 N–H and O–H groups in total. The number of hydrogen-bond acceptors (Lipinski definition) is 1. The van der Waals surface area contributed by atoms with Crippen LogP contribution in [0.2, 0.25) is 0 Å². The van der Waals surface area contributed by atoms with Crippen molar-refractivity contribution in [1.82, 2.24) is 0 Å². The lowest BCUT2D eigenvalue weighted by atomic mass is 10.1. The van der Waals surface area contributed by atoms with Gasteiger partial charge >= 0.3 is 0 Å². The Hall–Kier alpha value is -0.850. The highest BCUT2D eigenvalue weighted by atomic mass is 16.1. The van der Waals surface area contributed by atoms with Gasteiger partial charge in [-0.2, -0.15) is 0 Å². The molecule has 0 aromatic rings. The van der Waals surface area contributed by atoms with Gasteiger partial charge in [-0.25, -0.2) is 0 Å². The van der Waals surface area contributed by atoms with Gasteiger partial charge in [0.25, 0.3) is 0 Å². The molecule has 0 saturated heterocycles. The van der Waals surface area contributed by atoms with Crippen molar-refractivity contribution in [2.45, 2.75) is 84.0 Å². The van der Waals surface area contributed by atoms with E-state index < -0.39 is 0 Å². The zero-order valence-electron chi connectivity index (χ0n) is 12.7. The van der Waals surface area contributed by atoms with Crippen LogP contribution < -0.4 is 0 Å². The fourth-order valence-corrected chi connectivity index (χ4v) is 2.00. The Morgan fingerprint density at radius 2 is 1.32 bits per heavy atom. The summed E-state index contributed by atoms with van der Waals surface area (Å²) in [6.45, 7) is 2.23. The Balaban J connectivity index is 3.12. The predicted octanol–water partition coefficient (Wildman–Crippen LogP) is 5.91. The van der Waals surface area contributed by atoms with E-state index in [0.29, 0.717) is 6.42 Å². The van der Waals surface area contributed by atoms with E-state index in [2.05, 4.69) is 31.2 Å². The van der Waals surface area contributed by atoms with Crippen LogP contribution >= 0.6 is 0 Å². The van der Waals surface area contributed by atoms with Gasteiger partial charge in [-0.05, 0) is 32.1 Å². The van der Waals surface area contributed by atoms with E-state index in [9.17, 15) is 4.79 Å². The summed E-state index contributed by atoms with van der Waals surface area (Å²) in [7, 11) is 0. The molecule has 0 aromatic carbocycles. The van der Waals surface area contributed by atoms with Crippen LogP contribution in [0.1, 0.15) is 84.0 Å². The Kier molecular flexibility index (Phi) is 16.4. The molecule has 1 radical (unpaired) electrons. The second-order valence-corrected chi connectivity index (χ2v) is 5.13. The maximum absolute atomic E-state index is 10.0. The highest BCUT2D eigenvalue weighted by Crippen LogP contribution is 2.08. The van der Waals surface area contributed by atoms with Crippen LogP contribution in [0.3, 0.4) is 0 Å². The smallest absolute Gasteiger partial charge is 0.198 e. The molecular weight excluding hydrogens is 232 g/mol. The van der Waals surface area contributed by atoms with Crippen LogP contribution in [0.4, 0.5) is 0 Å². The Bertz CT molecular complexity index is 228. The van der Waals surface area contributed by atoms with Crippen LogP contribution in [0, 0.1) is 0 Å². The fourth-order valence-electron chi connectivity index (χ4n) is 2.00. The normalized spacial score (nSPS) is 11.6. The minimum atomic E-state index is 0.620. The Labute approximate surface area is 120 Å². The molecule has 0 fully saturated rings. The molecule has 0 atom stereocenters. The van der Waals surface area contributed by atoms with E-state index in [4.69, 9.17) is 0 Å². The molecule has 0 aliphatic rings. The quantitative estimate of drug-likeness (QED) is 0.281. The van der Waals surface area contributed by atoms with Gasteiger partial charge in [-0.3, -0.25) is 4.79 Å². The molecule has 0 aromatic heterocycles. The molecule has 0 heterocycles. The molecule has 0 spiro atoms. The summed E-state index contributed by atoms with van der Waals surface area (Å²) < 4.78 is 0. The Morgan fingerprint density at radius 1 is 0.737 bits per heavy atom. The first-order valence-corrected chi connectivity index (χ1v) is 8.06. The second-order valence-electron chi connectivity index (χ2n) is 5.13. The van der Waals surface area contributed by atoms with Crippen LogP contribution in [0.25, 0.3) is 0 Å². The molecule has 19 heavy (non-hydrogen) atoms. The molecule has 0 aliphatic heterocycles. The van der Waals surface area contributed by atoms with E-state index in [1.807, 2.05) is 6.29 Å². The summed E-state index contributed by atoms with van der Waals surface area (Å²) >= 11 is 0. The maximum atomic E-state index is 10.0. The number of unbranched alkanes of at least 4 members (excludes halogenated alkanes) is 9. The molecule has 0 aliphatic carbocycles. The molecule has 0 amide bonds. The van der Waals surface area contributed by atoms with E-state index in [1.54, 1.807) is 0 Å². The first-order valence-electron chi connectivity index (χ1n) is 8.06. The number of allylic oxidation sites excluding steroid dienone is 4. The zero-order valence-corrected chi connectivity index (χ0v) is 12.7. The predicted molar refractivity (Wildman–Crippen MR) is 85.1 cm³/mol. The number of rotatable bonds is 14. The summed E-state index contributed by atoms with van der Waals surface area (Å²) in [4.78, 5) is 10.0. The van der Waals surface area contributed by atoms with Gasteiger partial charge in [0.05, 0.1) is 0 Å². The molecule has 0 unspecified atom stereocenters. The van der Waals surface area contributed by atoms with Crippen molar-refractivity contribution in [2.24, 2.45) is 0 Å². The molecule has 1 nitrogen and oxygen atoms in total. The minimum Gasteiger partial charge on any atom is -0.291 e. The van der Waals surface area contributed by atoms with Crippen molar-refractivity contribution in [2.75, 3.05) is 0 Å². The molecular formula is C18H31O. The van der Waals surface area contributed by atoms with E-state index in [0.717, 1.165) is 12.8 Å².